The summed E-state index contributed by atoms with van der Waals surface area (Å²) in [6, 6.07) is 14.2. The van der Waals surface area contributed by atoms with Gasteiger partial charge in [-0.1, -0.05) is 61.7 Å². The van der Waals surface area contributed by atoms with Gasteiger partial charge in [0.2, 0.25) is 11.8 Å². The lowest BCUT2D eigenvalue weighted by atomic mass is 9.82. The number of amidine groups is 1. The van der Waals surface area contributed by atoms with E-state index in [0.717, 1.165) is 56.1 Å². The number of piperidine rings is 1. The monoisotopic (exact) mass is 689 g/mol. The number of alkyl halides is 3. The number of likely N-dealkylation sites (tertiary alicyclic amines) is 1. The number of carboxylic acid groups (broad SMARTS) is 1. The normalized spacial score (nSPS) is 16.7. The lowest BCUT2D eigenvalue weighted by Gasteiger charge is -2.34. The number of methoxy groups -OCH3 is 1. The van der Waals surface area contributed by atoms with Crippen LogP contribution in [0.15, 0.2) is 48.5 Å². The number of hydrogen-bond donors (Lipinski definition) is 7. The number of carboxylic acids is 1. The molecule has 2 aromatic carbocycles. The summed E-state index contributed by atoms with van der Waals surface area (Å²) in [7, 11) is 1.59. The highest BCUT2D eigenvalue weighted by Gasteiger charge is 2.38. The minimum absolute atomic E-state index is 0.00804. The zero-order chi connectivity index (χ0) is 36.1. The molecule has 0 spiro atoms. The number of hydrogen-bond acceptors (Lipinski definition) is 6. The summed E-state index contributed by atoms with van der Waals surface area (Å²) < 4.78 is 37.4. The van der Waals surface area contributed by atoms with Gasteiger partial charge in [-0.25, -0.2) is 4.79 Å². The summed E-state index contributed by atoms with van der Waals surface area (Å²) in [5, 5.41) is 28.8. The first kappa shape index (κ1) is 38.6. The molecule has 0 aromatic heterocycles. The number of halogens is 3. The van der Waals surface area contributed by atoms with E-state index in [9.17, 15) is 22.8 Å². The molecule has 2 amide bonds. The highest BCUT2D eigenvalue weighted by molar-refractivity contribution is 5.95. The molecule has 2 aromatic rings. The predicted molar refractivity (Wildman–Crippen MR) is 178 cm³/mol. The van der Waals surface area contributed by atoms with Crippen molar-refractivity contribution in [3.05, 3.63) is 65.2 Å². The van der Waals surface area contributed by atoms with Crippen molar-refractivity contribution in [2.45, 2.75) is 69.5 Å². The molecule has 0 radical (unpaired) electrons. The SMILES string of the molecule is COc1ccccc1C(Cc1ccc(C(=N)N)cc1)C(=O)N[C@H](C(=O)NCC1CCN(C(=N)N)CC1)C1CCCCC1.O=C(O)C(F)(F)F. The van der Waals surface area contributed by atoms with E-state index in [1.165, 1.54) is 0 Å². The Morgan fingerprint density at radius 1 is 0.959 bits per heavy atom. The van der Waals surface area contributed by atoms with Crippen LogP contribution in [0.4, 0.5) is 13.2 Å². The molecule has 1 heterocycles. The van der Waals surface area contributed by atoms with Crippen LogP contribution in [-0.2, 0) is 20.8 Å². The molecule has 0 bridgehead atoms. The molecule has 49 heavy (non-hydrogen) atoms. The average molecular weight is 690 g/mol. The summed E-state index contributed by atoms with van der Waals surface area (Å²) in [6.45, 7) is 1.97. The number of benzene rings is 2. The number of aliphatic carboxylic acids is 1. The Hall–Kier alpha value is -4.82. The average Bonchev–Trinajstić information content (AvgIpc) is 3.09. The molecule has 1 aliphatic carbocycles. The van der Waals surface area contributed by atoms with E-state index in [-0.39, 0.29) is 29.5 Å². The van der Waals surface area contributed by atoms with Gasteiger partial charge < -0.3 is 36.8 Å². The van der Waals surface area contributed by atoms with Crippen molar-refractivity contribution in [3.63, 3.8) is 0 Å². The molecule has 268 valence electrons. The van der Waals surface area contributed by atoms with E-state index < -0.39 is 24.1 Å². The van der Waals surface area contributed by atoms with Crippen LogP contribution in [0.5, 0.6) is 5.75 Å². The Kier molecular flexibility index (Phi) is 14.3. The Balaban J connectivity index is 0.000000838. The molecule has 1 saturated heterocycles. The number of guanidine groups is 1. The maximum atomic E-state index is 14.1. The number of rotatable bonds is 11. The van der Waals surface area contributed by atoms with Crippen LogP contribution < -0.4 is 26.8 Å². The van der Waals surface area contributed by atoms with Gasteiger partial charge in [0.25, 0.3) is 0 Å². The lowest BCUT2D eigenvalue weighted by Crippen LogP contribution is -2.53. The van der Waals surface area contributed by atoms with Crippen LogP contribution >= 0.6 is 0 Å². The maximum Gasteiger partial charge on any atom is 0.490 e. The quantitative estimate of drug-likeness (QED) is 0.136. The number of amides is 2. The van der Waals surface area contributed by atoms with Gasteiger partial charge >= 0.3 is 12.1 Å². The topological polar surface area (TPSA) is 208 Å². The number of ether oxygens (including phenoxy) is 1. The number of nitrogens with one attached hydrogen (secondary N) is 4. The summed E-state index contributed by atoms with van der Waals surface area (Å²) in [5.74, 6) is -2.59. The number of nitrogens with zero attached hydrogens (tertiary/aromatic N) is 1. The zero-order valence-corrected chi connectivity index (χ0v) is 27.5. The Bertz CT molecular complexity index is 1440. The molecule has 1 saturated carbocycles. The third-order valence-electron chi connectivity index (χ3n) is 9.00. The van der Waals surface area contributed by atoms with Crippen LogP contribution in [-0.4, -0.2) is 78.5 Å². The second-order valence-electron chi connectivity index (χ2n) is 12.4. The van der Waals surface area contributed by atoms with Crippen molar-refractivity contribution in [2.75, 3.05) is 26.7 Å². The summed E-state index contributed by atoms with van der Waals surface area (Å²) in [6.07, 6.45) is 2.09. The highest BCUT2D eigenvalue weighted by atomic mass is 19.4. The van der Waals surface area contributed by atoms with Crippen molar-refractivity contribution in [1.82, 2.24) is 15.5 Å². The second kappa shape index (κ2) is 18.1. The lowest BCUT2D eigenvalue weighted by molar-refractivity contribution is -0.192. The molecule has 1 unspecified atom stereocenters. The fourth-order valence-electron chi connectivity index (χ4n) is 6.21. The molecule has 1 aliphatic heterocycles. The van der Waals surface area contributed by atoms with Crippen molar-refractivity contribution in [2.24, 2.45) is 23.3 Å². The van der Waals surface area contributed by atoms with Crippen LogP contribution in [0.25, 0.3) is 0 Å². The molecule has 2 fully saturated rings. The number of para-hydroxylation sites is 1. The van der Waals surface area contributed by atoms with Crippen LogP contribution in [0.3, 0.4) is 0 Å². The fraction of sp³-hybridized carbons (Fsp3) is 0.500. The number of nitrogen functional groups attached to an aromatic ring is 1. The second-order valence-corrected chi connectivity index (χ2v) is 12.4. The molecular formula is C34H46F3N7O5. The van der Waals surface area contributed by atoms with Gasteiger partial charge in [0, 0.05) is 30.8 Å². The fourth-order valence-corrected chi connectivity index (χ4v) is 6.21. The number of nitrogens with two attached hydrogens (primary N) is 2. The predicted octanol–water partition coefficient (Wildman–Crippen LogP) is 3.73. The van der Waals surface area contributed by atoms with Gasteiger partial charge in [0.1, 0.15) is 17.6 Å². The Labute approximate surface area is 283 Å². The zero-order valence-electron chi connectivity index (χ0n) is 27.5. The van der Waals surface area contributed by atoms with Crippen LogP contribution in [0.2, 0.25) is 0 Å². The smallest absolute Gasteiger partial charge is 0.490 e. The van der Waals surface area contributed by atoms with E-state index >= 15 is 0 Å². The third kappa shape index (κ3) is 11.7. The summed E-state index contributed by atoms with van der Waals surface area (Å²) in [5.41, 5.74) is 13.6. The first-order chi connectivity index (χ1) is 23.2. The highest BCUT2D eigenvalue weighted by Crippen LogP contribution is 2.32. The first-order valence-corrected chi connectivity index (χ1v) is 16.2. The minimum Gasteiger partial charge on any atom is -0.496 e. The van der Waals surface area contributed by atoms with Crippen molar-refractivity contribution >= 4 is 29.6 Å². The molecule has 12 nitrogen and oxygen atoms in total. The molecule has 9 N–H and O–H groups in total. The van der Waals surface area contributed by atoms with Crippen molar-refractivity contribution in [3.8, 4) is 5.75 Å². The van der Waals surface area contributed by atoms with Gasteiger partial charge in [-0.2, -0.15) is 13.2 Å². The first-order valence-electron chi connectivity index (χ1n) is 16.2. The number of carbonyl (C=O) groups is 3. The molecule has 2 aliphatic rings. The minimum atomic E-state index is -5.08. The van der Waals surface area contributed by atoms with Crippen molar-refractivity contribution < 1.29 is 37.4 Å². The van der Waals surface area contributed by atoms with Crippen LogP contribution in [0.1, 0.15) is 67.6 Å². The number of carbonyl (C=O) groups excluding carboxylic acids is 2. The van der Waals surface area contributed by atoms with Gasteiger partial charge in [0.05, 0.1) is 13.0 Å². The Morgan fingerprint density at radius 2 is 1.55 bits per heavy atom. The van der Waals surface area contributed by atoms with E-state index in [1.54, 1.807) is 19.2 Å². The van der Waals surface area contributed by atoms with Crippen molar-refractivity contribution in [1.29, 1.82) is 10.8 Å². The summed E-state index contributed by atoms with van der Waals surface area (Å²) in [4.78, 5) is 38.6. The Morgan fingerprint density at radius 3 is 2.08 bits per heavy atom. The van der Waals surface area contributed by atoms with Gasteiger partial charge in [-0.05, 0) is 55.6 Å². The van der Waals surface area contributed by atoms with Crippen LogP contribution in [0, 0.1) is 22.7 Å². The van der Waals surface area contributed by atoms with E-state index in [1.807, 2.05) is 41.3 Å². The maximum absolute atomic E-state index is 14.1. The molecule has 15 heteroatoms. The largest absolute Gasteiger partial charge is 0.496 e. The standard InChI is InChI=1S/C32H45N7O3.C2HF3O2/c1-42-27-10-6-5-9-25(27)26(19-21-11-13-24(14-12-21)29(33)34)30(40)38-28(23-7-3-2-4-8-23)31(41)37-20-22-15-17-39(18-16-22)32(35)36;3-2(4,5)1(6)7/h5-6,9-14,22-23,26,28H,2-4,7-8,15-20H2,1H3,(H3,33,34)(H3,35,36)(H,37,41)(H,38,40);(H,6,7)/t26?,28-;/m0./s1. The van der Waals surface area contributed by atoms with Gasteiger partial charge in [0.15, 0.2) is 5.96 Å². The van der Waals surface area contributed by atoms with E-state index in [2.05, 4.69) is 10.6 Å². The molecule has 4 rings (SSSR count). The van der Waals surface area contributed by atoms with Gasteiger partial charge in [-0.15, -0.1) is 0 Å². The summed E-state index contributed by atoms with van der Waals surface area (Å²) >= 11 is 0. The molecular weight excluding hydrogens is 643 g/mol. The van der Waals surface area contributed by atoms with E-state index in [4.69, 9.17) is 36.9 Å². The third-order valence-corrected chi connectivity index (χ3v) is 9.00. The van der Waals surface area contributed by atoms with Gasteiger partial charge in [-0.3, -0.25) is 20.4 Å². The molecule has 2 atom stereocenters. The van der Waals surface area contributed by atoms with E-state index in [0.29, 0.717) is 43.3 Å².